The van der Waals surface area contributed by atoms with Gasteiger partial charge in [0, 0.05) is 12.8 Å². The predicted octanol–water partition coefficient (Wildman–Crippen LogP) is 18.4. The quantitative estimate of drug-likeness (QED) is 0.0244. The summed E-state index contributed by atoms with van der Waals surface area (Å²) in [6, 6.07) is -0.560. The third-order valence-electron chi connectivity index (χ3n) is 13.7. The van der Waals surface area contributed by atoms with Crippen LogP contribution in [0.2, 0.25) is 0 Å². The molecule has 0 saturated heterocycles. The number of esters is 1. The van der Waals surface area contributed by atoms with Crippen LogP contribution in [-0.2, 0) is 14.3 Å². The Morgan fingerprint density at radius 2 is 0.746 bits per heavy atom. The fourth-order valence-electron chi connectivity index (χ4n) is 9.10. The molecule has 2 atom stereocenters. The molecule has 6 nitrogen and oxygen atoms in total. The van der Waals surface area contributed by atoms with Gasteiger partial charge < -0.3 is 20.3 Å². The van der Waals surface area contributed by atoms with Crippen LogP contribution in [-0.4, -0.2) is 47.4 Å². The van der Waals surface area contributed by atoms with Crippen molar-refractivity contribution in [1.29, 1.82) is 0 Å². The molecule has 0 aliphatic carbocycles. The zero-order valence-corrected chi connectivity index (χ0v) is 44.9. The summed E-state index contributed by atoms with van der Waals surface area (Å²) in [6.45, 7) is 4.89. The van der Waals surface area contributed by atoms with Crippen LogP contribution in [0.5, 0.6) is 0 Å². The Hall–Kier alpha value is -1.92. The van der Waals surface area contributed by atoms with Gasteiger partial charge >= 0.3 is 5.97 Å². The van der Waals surface area contributed by atoms with E-state index in [0.717, 1.165) is 77.0 Å². The van der Waals surface area contributed by atoms with Crippen molar-refractivity contribution in [3.8, 4) is 0 Å². The van der Waals surface area contributed by atoms with Crippen LogP contribution >= 0.6 is 0 Å². The second kappa shape index (κ2) is 56.7. The molecule has 1 amide bonds. The van der Waals surface area contributed by atoms with Gasteiger partial charge in [0.1, 0.15) is 0 Å². The van der Waals surface area contributed by atoms with Gasteiger partial charge in [0.25, 0.3) is 0 Å². The average molecular weight is 943 g/mol. The smallest absolute Gasteiger partial charge is 0.305 e. The van der Waals surface area contributed by atoms with Crippen molar-refractivity contribution in [2.45, 2.75) is 328 Å². The van der Waals surface area contributed by atoms with Crippen LogP contribution in [0.15, 0.2) is 36.5 Å². The molecule has 6 heteroatoms. The van der Waals surface area contributed by atoms with Gasteiger partial charge in [-0.05, 0) is 83.5 Å². The first-order valence-corrected chi connectivity index (χ1v) is 29.8. The lowest BCUT2D eigenvalue weighted by molar-refractivity contribution is -0.143. The normalized spacial score (nSPS) is 12.8. The summed E-state index contributed by atoms with van der Waals surface area (Å²) in [7, 11) is 0. The van der Waals surface area contributed by atoms with Crippen molar-refractivity contribution >= 4 is 11.9 Å². The van der Waals surface area contributed by atoms with Crippen LogP contribution in [0.4, 0.5) is 0 Å². The lowest BCUT2D eigenvalue weighted by Crippen LogP contribution is -2.45. The molecule has 0 rings (SSSR count). The van der Waals surface area contributed by atoms with Crippen LogP contribution in [0.25, 0.3) is 0 Å². The Morgan fingerprint density at radius 1 is 0.418 bits per heavy atom. The molecular formula is C61H115NO5. The van der Waals surface area contributed by atoms with Gasteiger partial charge in [0.15, 0.2) is 0 Å². The van der Waals surface area contributed by atoms with Crippen molar-refractivity contribution in [3.05, 3.63) is 36.5 Å². The van der Waals surface area contributed by atoms with Gasteiger partial charge in [-0.1, -0.05) is 256 Å². The van der Waals surface area contributed by atoms with Crippen molar-refractivity contribution in [3.63, 3.8) is 0 Å². The van der Waals surface area contributed by atoms with E-state index in [4.69, 9.17) is 4.74 Å². The topological polar surface area (TPSA) is 95.9 Å². The number of hydrogen-bond donors (Lipinski definition) is 3. The summed E-state index contributed by atoms with van der Waals surface area (Å²) in [5, 5.41) is 23.3. The number of carbonyl (C=O) groups is 2. The fourth-order valence-corrected chi connectivity index (χ4v) is 9.10. The lowest BCUT2D eigenvalue weighted by Gasteiger charge is -2.22. The highest BCUT2D eigenvalue weighted by atomic mass is 16.5. The van der Waals surface area contributed by atoms with Crippen molar-refractivity contribution in [2.75, 3.05) is 13.2 Å². The maximum Gasteiger partial charge on any atom is 0.305 e. The first-order valence-electron chi connectivity index (χ1n) is 29.8. The van der Waals surface area contributed by atoms with Crippen molar-refractivity contribution < 1.29 is 24.5 Å². The van der Waals surface area contributed by atoms with Crippen LogP contribution in [0, 0.1) is 0 Å². The predicted molar refractivity (Wildman–Crippen MR) is 292 cm³/mol. The van der Waals surface area contributed by atoms with E-state index in [1.165, 1.54) is 205 Å². The number of allylic oxidation sites excluding steroid dienone is 6. The van der Waals surface area contributed by atoms with Crippen LogP contribution in [0.3, 0.4) is 0 Å². The molecular weight excluding hydrogens is 827 g/mol. The summed E-state index contributed by atoms with van der Waals surface area (Å²) >= 11 is 0. The van der Waals surface area contributed by atoms with E-state index in [9.17, 15) is 19.8 Å². The molecule has 0 spiro atoms. The zero-order valence-electron chi connectivity index (χ0n) is 44.9. The molecule has 0 aromatic carbocycles. The largest absolute Gasteiger partial charge is 0.466 e. The number of amides is 1. The molecule has 394 valence electrons. The van der Waals surface area contributed by atoms with E-state index in [1.54, 1.807) is 0 Å². The Bertz CT molecular complexity index is 1090. The van der Waals surface area contributed by atoms with Gasteiger partial charge in [-0.25, -0.2) is 0 Å². The first-order chi connectivity index (χ1) is 33.0. The second-order valence-electron chi connectivity index (χ2n) is 20.4. The maximum absolute atomic E-state index is 12.5. The lowest BCUT2D eigenvalue weighted by atomic mass is 10.0. The van der Waals surface area contributed by atoms with Gasteiger partial charge in [0.05, 0.1) is 25.4 Å². The van der Waals surface area contributed by atoms with Gasteiger partial charge in [-0.2, -0.15) is 0 Å². The molecule has 0 fully saturated rings. The number of ether oxygens (including phenoxy) is 1. The molecule has 2 unspecified atom stereocenters. The molecule has 3 N–H and O–H groups in total. The Labute approximate surface area is 417 Å². The highest BCUT2D eigenvalue weighted by Gasteiger charge is 2.20. The maximum atomic E-state index is 12.5. The van der Waals surface area contributed by atoms with E-state index in [0.29, 0.717) is 25.9 Å². The highest BCUT2D eigenvalue weighted by Crippen LogP contribution is 2.17. The Balaban J connectivity index is 3.52. The van der Waals surface area contributed by atoms with E-state index in [2.05, 4.69) is 55.6 Å². The standard InChI is InChI=1S/C61H115NO5/c1-3-5-7-9-11-13-15-17-18-19-20-21-22-23-24-26-30-33-37-41-45-49-53-59(64)58(57-63)62-60(65)54-50-46-42-38-34-31-27-25-28-32-36-40-44-48-52-56-67-61(66)55-51-47-43-39-35-29-16-14-12-10-8-6-4-2/h14,16,25,28,32,36,58-59,63-64H,3-13,15,17-24,26-27,29-31,33-35,37-57H2,1-2H3,(H,62,65)/b16-14-,28-25-,36-32-. The number of unbranched alkanes of at least 4 members (excludes halogenated alkanes) is 39. The zero-order chi connectivity index (χ0) is 48.6. The minimum absolute atomic E-state index is 0.0306. The molecule has 67 heavy (non-hydrogen) atoms. The monoisotopic (exact) mass is 942 g/mol. The minimum Gasteiger partial charge on any atom is -0.466 e. The van der Waals surface area contributed by atoms with Gasteiger partial charge in [-0.3, -0.25) is 9.59 Å². The molecule has 0 aromatic heterocycles. The third kappa shape index (κ3) is 53.3. The third-order valence-corrected chi connectivity index (χ3v) is 13.7. The first kappa shape index (κ1) is 65.1. The summed E-state index contributed by atoms with van der Waals surface area (Å²) in [6.07, 6.45) is 70.0. The minimum atomic E-state index is -0.680. The number of aliphatic hydroxyl groups is 2. The van der Waals surface area contributed by atoms with E-state index >= 15 is 0 Å². The van der Waals surface area contributed by atoms with E-state index in [-0.39, 0.29) is 18.5 Å². The Morgan fingerprint density at radius 3 is 1.16 bits per heavy atom. The number of rotatable bonds is 55. The summed E-state index contributed by atoms with van der Waals surface area (Å²) in [5.41, 5.74) is 0. The summed E-state index contributed by atoms with van der Waals surface area (Å²) in [5.74, 6) is -0.0861. The molecule has 0 aromatic rings. The molecule has 0 aliphatic rings. The molecule has 0 saturated carbocycles. The van der Waals surface area contributed by atoms with E-state index < -0.39 is 12.1 Å². The van der Waals surface area contributed by atoms with Gasteiger partial charge in [0.2, 0.25) is 5.91 Å². The average Bonchev–Trinajstić information content (AvgIpc) is 3.33. The van der Waals surface area contributed by atoms with Crippen molar-refractivity contribution in [2.24, 2.45) is 0 Å². The van der Waals surface area contributed by atoms with Crippen molar-refractivity contribution in [1.82, 2.24) is 5.32 Å². The molecule has 0 bridgehead atoms. The fraction of sp³-hybridized carbons (Fsp3) is 0.869. The molecule has 0 heterocycles. The molecule has 0 aliphatic heterocycles. The number of nitrogens with one attached hydrogen (secondary N) is 1. The second-order valence-corrected chi connectivity index (χ2v) is 20.4. The number of carbonyl (C=O) groups excluding carboxylic acids is 2. The van der Waals surface area contributed by atoms with Crippen LogP contribution < -0.4 is 5.32 Å². The van der Waals surface area contributed by atoms with Crippen LogP contribution in [0.1, 0.15) is 316 Å². The SMILES string of the molecule is CCCCCC/C=C\CCCCCCCC(=O)OCCCCC/C=C\C=C/CCCCCCCCC(=O)NC(CO)C(O)CCCCCCCCCCCCCCCCCCCCCCCC. The highest BCUT2D eigenvalue weighted by molar-refractivity contribution is 5.76. The number of hydrogen-bond acceptors (Lipinski definition) is 5. The van der Waals surface area contributed by atoms with E-state index in [1.807, 2.05) is 0 Å². The Kier molecular flexibility index (Phi) is 55.0. The summed E-state index contributed by atoms with van der Waals surface area (Å²) < 4.78 is 5.44. The van der Waals surface area contributed by atoms with Gasteiger partial charge in [-0.15, -0.1) is 0 Å². The number of aliphatic hydroxyl groups excluding tert-OH is 2. The summed E-state index contributed by atoms with van der Waals surface area (Å²) in [4.78, 5) is 24.5. The molecule has 0 radical (unpaired) electrons.